The lowest BCUT2D eigenvalue weighted by Gasteiger charge is -2.23. The van der Waals surface area contributed by atoms with Crippen LogP contribution in [0.5, 0.6) is 34.5 Å². The molecule has 0 saturated carbocycles. The molecule has 0 N–H and O–H groups in total. The third-order valence-corrected chi connectivity index (χ3v) is 10.7. The molecule has 0 amide bonds. The summed E-state index contributed by atoms with van der Waals surface area (Å²) >= 11 is 0. The summed E-state index contributed by atoms with van der Waals surface area (Å²) in [5.74, 6) is 0.288. The van der Waals surface area contributed by atoms with Gasteiger partial charge in [0.2, 0.25) is 5.75 Å². The molecule has 0 fully saturated rings. The van der Waals surface area contributed by atoms with Gasteiger partial charge in [0.25, 0.3) is 0 Å². The van der Waals surface area contributed by atoms with Crippen LogP contribution >= 0.6 is 0 Å². The van der Waals surface area contributed by atoms with Crippen LogP contribution in [0.25, 0.3) is 11.1 Å². The van der Waals surface area contributed by atoms with Gasteiger partial charge in [-0.3, -0.25) is 0 Å². The average molecular weight is 773 g/mol. The molecule has 0 aliphatic carbocycles. The van der Waals surface area contributed by atoms with E-state index in [0.29, 0.717) is 28.4 Å². The van der Waals surface area contributed by atoms with E-state index in [0.717, 1.165) is 14.7 Å². The Labute approximate surface area is 332 Å². The quantitative estimate of drug-likeness (QED) is 0.122. The lowest BCUT2D eigenvalue weighted by Crippen LogP contribution is -2.23. The molecule has 0 bridgehead atoms. The molecule has 0 unspecified atom stereocenters. The molecular formula is C49H34F2O5S. The van der Waals surface area contributed by atoms with E-state index in [1.807, 2.05) is 115 Å². The number of carboxylic acid groups (broad SMARTS) is 1. The highest BCUT2D eigenvalue weighted by Gasteiger charge is 2.29. The van der Waals surface area contributed by atoms with Gasteiger partial charge in [-0.1, -0.05) is 103 Å². The summed E-state index contributed by atoms with van der Waals surface area (Å²) in [4.78, 5) is 15.5. The van der Waals surface area contributed by atoms with Gasteiger partial charge in [-0.05, 0) is 109 Å². The van der Waals surface area contributed by atoms with Gasteiger partial charge >= 0.3 is 0 Å². The van der Waals surface area contributed by atoms with Gasteiger partial charge in [0.05, 0.1) is 16.9 Å². The van der Waals surface area contributed by atoms with E-state index in [9.17, 15) is 18.7 Å². The van der Waals surface area contributed by atoms with E-state index >= 15 is 0 Å². The van der Waals surface area contributed by atoms with Gasteiger partial charge in [0, 0.05) is 11.1 Å². The van der Waals surface area contributed by atoms with E-state index in [2.05, 4.69) is 0 Å². The minimum atomic E-state index is -1.36. The molecule has 5 nitrogen and oxygen atoms in total. The molecular weight excluding hydrogens is 739 g/mol. The number of ether oxygens (including phenoxy) is 3. The number of rotatable bonds is 11. The molecule has 8 heteroatoms. The van der Waals surface area contributed by atoms with Crippen LogP contribution in [0.3, 0.4) is 0 Å². The van der Waals surface area contributed by atoms with Crippen molar-refractivity contribution in [1.82, 2.24) is 0 Å². The monoisotopic (exact) mass is 772 g/mol. The molecule has 0 aliphatic heterocycles. The van der Waals surface area contributed by atoms with Crippen LogP contribution in [-0.2, 0) is 10.9 Å². The number of hydrogen-bond donors (Lipinski definition) is 0. The van der Waals surface area contributed by atoms with Crippen molar-refractivity contribution in [3.8, 4) is 45.6 Å². The van der Waals surface area contributed by atoms with E-state index in [-0.39, 0.29) is 45.3 Å². The first-order valence-corrected chi connectivity index (χ1v) is 19.1. The normalized spacial score (nSPS) is 10.6. The fourth-order valence-corrected chi connectivity index (χ4v) is 7.94. The smallest absolute Gasteiger partial charge is 0.213 e. The summed E-state index contributed by atoms with van der Waals surface area (Å²) in [7, 11) is -0.365. The van der Waals surface area contributed by atoms with Crippen molar-refractivity contribution < 1.29 is 32.9 Å². The Balaban J connectivity index is 0.000000200. The van der Waals surface area contributed by atoms with Gasteiger partial charge in [-0.2, -0.15) is 0 Å². The molecule has 0 atom stereocenters. The Kier molecular flexibility index (Phi) is 12.3. The summed E-state index contributed by atoms with van der Waals surface area (Å²) in [5, 5.41) is 12.4. The molecule has 0 heterocycles. The molecule has 280 valence electrons. The highest BCUT2D eigenvalue weighted by Crippen LogP contribution is 2.51. The van der Waals surface area contributed by atoms with Gasteiger partial charge in [0.1, 0.15) is 28.9 Å². The van der Waals surface area contributed by atoms with Crippen molar-refractivity contribution >= 4 is 16.9 Å². The number of para-hydroxylation sites is 3. The van der Waals surface area contributed by atoms with Crippen LogP contribution in [0.1, 0.15) is 10.4 Å². The summed E-state index contributed by atoms with van der Waals surface area (Å²) in [6.07, 6.45) is 0. The molecule has 8 aromatic carbocycles. The van der Waals surface area contributed by atoms with Crippen LogP contribution in [0.4, 0.5) is 8.78 Å². The van der Waals surface area contributed by atoms with Crippen LogP contribution in [0.15, 0.2) is 221 Å². The maximum atomic E-state index is 13.2. The van der Waals surface area contributed by atoms with E-state index in [1.54, 1.807) is 60.7 Å². The zero-order chi connectivity index (χ0) is 39.4. The lowest BCUT2D eigenvalue weighted by atomic mass is 9.97. The second-order valence-electron chi connectivity index (χ2n) is 12.4. The third-order valence-electron chi connectivity index (χ3n) is 8.46. The fourth-order valence-electron chi connectivity index (χ4n) is 5.87. The van der Waals surface area contributed by atoms with Gasteiger partial charge in [0.15, 0.2) is 26.2 Å². The van der Waals surface area contributed by atoms with Crippen molar-refractivity contribution in [2.75, 3.05) is 0 Å². The highest BCUT2D eigenvalue weighted by molar-refractivity contribution is 7.97. The number of halogens is 2. The van der Waals surface area contributed by atoms with E-state index in [4.69, 9.17) is 14.2 Å². The zero-order valence-corrected chi connectivity index (χ0v) is 31.2. The van der Waals surface area contributed by atoms with E-state index in [1.165, 1.54) is 30.3 Å². The van der Waals surface area contributed by atoms with Crippen LogP contribution < -0.4 is 19.3 Å². The van der Waals surface area contributed by atoms with Gasteiger partial charge in [-0.15, -0.1) is 0 Å². The number of carbonyl (C=O) groups excluding carboxylic acids is 1. The fraction of sp³-hybridized carbons (Fsp3) is 0. The second kappa shape index (κ2) is 18.4. The van der Waals surface area contributed by atoms with Crippen molar-refractivity contribution in [3.05, 3.63) is 223 Å². The molecule has 0 aromatic heterocycles. The summed E-state index contributed by atoms with van der Waals surface area (Å²) in [6, 6.07) is 60.8. The summed E-state index contributed by atoms with van der Waals surface area (Å²) in [6.45, 7) is 0. The van der Waals surface area contributed by atoms with Crippen molar-refractivity contribution in [1.29, 1.82) is 0 Å². The van der Waals surface area contributed by atoms with Crippen LogP contribution in [0.2, 0.25) is 0 Å². The van der Waals surface area contributed by atoms with Crippen LogP contribution in [0, 0.1) is 11.6 Å². The van der Waals surface area contributed by atoms with Crippen molar-refractivity contribution in [2.45, 2.75) is 14.7 Å². The highest BCUT2D eigenvalue weighted by atomic mass is 32.2. The topological polar surface area (TPSA) is 67.8 Å². The van der Waals surface area contributed by atoms with Gasteiger partial charge < -0.3 is 24.1 Å². The number of carbonyl (C=O) groups is 1. The Hall–Kier alpha value is -7.16. The number of benzene rings is 8. The Bertz CT molecular complexity index is 2460. The maximum absolute atomic E-state index is 13.2. The standard InChI is InChI=1S/C31H22O5.C18H13F2S/c32-31(33)26-21-27(34-23-15-7-2-8-16-23)29(35-24-17-9-3-10-18-24)30(36-25-19-11-4-12-20-25)28(26)22-13-5-1-6-14-22;19-14-6-10-17(11-7-14)21(16-4-2-1-3-5-16)18-12-8-15(20)9-13-18/h1-21H,(H,32,33);1-13H/q;+1/p-1. The van der Waals surface area contributed by atoms with E-state index < -0.39 is 5.97 Å². The van der Waals surface area contributed by atoms with Crippen molar-refractivity contribution in [2.24, 2.45) is 0 Å². The Morgan fingerprint density at radius 1 is 0.439 bits per heavy atom. The molecule has 57 heavy (non-hydrogen) atoms. The first-order chi connectivity index (χ1) is 27.9. The first-order valence-electron chi connectivity index (χ1n) is 17.9. The summed E-state index contributed by atoms with van der Waals surface area (Å²) < 4.78 is 45.1. The number of hydrogen-bond acceptors (Lipinski definition) is 5. The molecule has 0 radical (unpaired) electrons. The minimum absolute atomic E-state index is 0.0847. The molecule has 0 aliphatic rings. The summed E-state index contributed by atoms with van der Waals surface area (Å²) in [5.41, 5.74) is 0.871. The zero-order valence-electron chi connectivity index (χ0n) is 30.3. The molecule has 0 saturated heterocycles. The Morgan fingerprint density at radius 3 is 1.25 bits per heavy atom. The average Bonchev–Trinajstić information content (AvgIpc) is 3.25. The Morgan fingerprint density at radius 2 is 0.807 bits per heavy atom. The first kappa shape index (κ1) is 38.1. The van der Waals surface area contributed by atoms with Crippen molar-refractivity contribution in [3.63, 3.8) is 0 Å². The number of aromatic carboxylic acids is 1. The SMILES string of the molecule is Fc1ccc([S+](c2ccccc2)c2ccc(F)cc2)cc1.O=C([O-])c1cc(Oc2ccccc2)c(Oc2ccccc2)c(Oc2ccccc2)c1-c1ccccc1. The predicted octanol–water partition coefficient (Wildman–Crippen LogP) is 12.2. The molecule has 8 rings (SSSR count). The molecule has 0 spiro atoms. The van der Waals surface area contributed by atoms with Crippen LogP contribution in [-0.4, -0.2) is 5.97 Å². The minimum Gasteiger partial charge on any atom is -0.545 e. The number of carboxylic acids is 1. The largest absolute Gasteiger partial charge is 0.545 e. The second-order valence-corrected chi connectivity index (χ2v) is 14.4. The molecule has 8 aromatic rings. The maximum Gasteiger partial charge on any atom is 0.213 e. The third kappa shape index (κ3) is 9.75. The lowest BCUT2D eigenvalue weighted by molar-refractivity contribution is -0.255. The predicted molar refractivity (Wildman–Crippen MR) is 217 cm³/mol. The van der Waals surface area contributed by atoms with Gasteiger partial charge in [-0.25, -0.2) is 8.78 Å².